The molecule has 2 aliphatic rings. The molecule has 136 valence electrons. The highest BCUT2D eigenvalue weighted by Gasteiger charge is 2.25. The van der Waals surface area contributed by atoms with E-state index in [0.29, 0.717) is 39.3 Å². The lowest BCUT2D eigenvalue weighted by molar-refractivity contribution is -0.123. The Bertz CT molecular complexity index is 612. The van der Waals surface area contributed by atoms with Crippen LogP contribution in [-0.4, -0.2) is 61.1 Å². The number of benzene rings is 1. The largest absolute Gasteiger partial charge is 0.450 e. The normalized spacial score (nSPS) is 20.7. The molecule has 1 aliphatic carbocycles. The molecule has 0 unspecified atom stereocenters. The van der Waals surface area contributed by atoms with E-state index in [9.17, 15) is 9.59 Å². The van der Waals surface area contributed by atoms with Crippen LogP contribution >= 0.6 is 0 Å². The second-order valence-corrected chi connectivity index (χ2v) is 6.67. The van der Waals surface area contributed by atoms with Crippen molar-refractivity contribution in [3.63, 3.8) is 0 Å². The number of amides is 2. The fraction of sp³-hybridized carbons (Fsp3) is 0.579. The molecule has 0 spiro atoms. The van der Waals surface area contributed by atoms with Crippen LogP contribution < -0.4 is 5.32 Å². The summed E-state index contributed by atoms with van der Waals surface area (Å²) in [6, 6.07) is 8.50. The molecule has 1 aromatic carbocycles. The maximum Gasteiger partial charge on any atom is 0.409 e. The van der Waals surface area contributed by atoms with E-state index in [1.54, 1.807) is 4.90 Å². The number of fused-ring (bicyclic) bond motifs is 1. The summed E-state index contributed by atoms with van der Waals surface area (Å²) in [4.78, 5) is 28.0. The monoisotopic (exact) mass is 345 g/mol. The lowest BCUT2D eigenvalue weighted by atomic mass is 9.88. The third-order valence-corrected chi connectivity index (χ3v) is 4.97. The van der Waals surface area contributed by atoms with Crippen molar-refractivity contribution in [2.24, 2.45) is 0 Å². The highest BCUT2D eigenvalue weighted by molar-refractivity contribution is 5.78. The molecule has 2 amide bonds. The van der Waals surface area contributed by atoms with Crippen LogP contribution in [0.2, 0.25) is 0 Å². The Labute approximate surface area is 149 Å². The van der Waals surface area contributed by atoms with Crippen molar-refractivity contribution in [2.75, 3.05) is 39.3 Å². The van der Waals surface area contributed by atoms with E-state index in [-0.39, 0.29) is 18.0 Å². The first kappa shape index (κ1) is 17.7. The Hall–Kier alpha value is -2.08. The van der Waals surface area contributed by atoms with E-state index in [0.717, 1.165) is 19.3 Å². The molecule has 1 atom stereocenters. The second kappa shape index (κ2) is 8.34. The number of carbonyl (C=O) groups is 2. The summed E-state index contributed by atoms with van der Waals surface area (Å²) < 4.78 is 5.02. The smallest absolute Gasteiger partial charge is 0.409 e. The Morgan fingerprint density at radius 3 is 2.72 bits per heavy atom. The van der Waals surface area contributed by atoms with Gasteiger partial charge in [0.2, 0.25) is 5.91 Å². The van der Waals surface area contributed by atoms with Crippen LogP contribution in [-0.2, 0) is 16.0 Å². The summed E-state index contributed by atoms with van der Waals surface area (Å²) in [5, 5.41) is 3.19. The molecule has 1 aromatic rings. The van der Waals surface area contributed by atoms with Gasteiger partial charge >= 0.3 is 6.09 Å². The molecule has 1 aliphatic heterocycles. The molecule has 1 saturated heterocycles. The maximum atomic E-state index is 12.4. The number of ether oxygens (including phenoxy) is 1. The van der Waals surface area contributed by atoms with Gasteiger partial charge in [-0.1, -0.05) is 24.3 Å². The lowest BCUT2D eigenvalue weighted by Crippen LogP contribution is -2.51. The standard InChI is InChI=1S/C19H27N3O3/c1-2-25-19(24)22-12-10-21(11-13-22)14-18(23)20-17-9-5-7-15-6-3-4-8-16(15)17/h3-4,6,8,17H,2,5,7,9-14H2,1H3,(H,20,23)/t17-/m1/s1. The highest BCUT2D eigenvalue weighted by Crippen LogP contribution is 2.29. The zero-order valence-corrected chi connectivity index (χ0v) is 14.9. The van der Waals surface area contributed by atoms with E-state index in [2.05, 4.69) is 28.4 Å². The molecule has 1 fully saturated rings. The average molecular weight is 345 g/mol. The van der Waals surface area contributed by atoms with Crippen molar-refractivity contribution in [2.45, 2.75) is 32.2 Å². The van der Waals surface area contributed by atoms with Crippen LogP contribution in [0, 0.1) is 0 Å². The number of nitrogens with zero attached hydrogens (tertiary/aromatic N) is 2. The van der Waals surface area contributed by atoms with Crippen LogP contribution in [0.1, 0.15) is 36.9 Å². The second-order valence-electron chi connectivity index (χ2n) is 6.67. The van der Waals surface area contributed by atoms with Gasteiger partial charge in [0.15, 0.2) is 0 Å². The molecular formula is C19H27N3O3. The molecule has 0 saturated carbocycles. The van der Waals surface area contributed by atoms with E-state index in [1.165, 1.54) is 11.1 Å². The van der Waals surface area contributed by atoms with Gasteiger partial charge in [-0.3, -0.25) is 9.69 Å². The maximum absolute atomic E-state index is 12.4. The molecule has 1 N–H and O–H groups in total. The molecule has 6 heteroatoms. The minimum atomic E-state index is -0.259. The Kier molecular flexibility index (Phi) is 5.91. The van der Waals surface area contributed by atoms with Gasteiger partial charge in [0.1, 0.15) is 0 Å². The lowest BCUT2D eigenvalue weighted by Gasteiger charge is -2.34. The fourth-order valence-corrected chi connectivity index (χ4v) is 3.65. The van der Waals surface area contributed by atoms with E-state index < -0.39 is 0 Å². The average Bonchev–Trinajstić information content (AvgIpc) is 2.63. The number of piperazine rings is 1. The topological polar surface area (TPSA) is 61.9 Å². The third kappa shape index (κ3) is 4.51. The number of rotatable bonds is 4. The number of hydrogen-bond donors (Lipinski definition) is 1. The van der Waals surface area contributed by atoms with Gasteiger partial charge in [-0.25, -0.2) is 4.79 Å². The summed E-state index contributed by atoms with van der Waals surface area (Å²) in [7, 11) is 0. The zero-order chi connectivity index (χ0) is 17.6. The first-order valence-corrected chi connectivity index (χ1v) is 9.18. The van der Waals surface area contributed by atoms with Gasteiger partial charge in [-0.15, -0.1) is 0 Å². The quantitative estimate of drug-likeness (QED) is 0.906. The summed E-state index contributed by atoms with van der Waals surface area (Å²) in [6.07, 6.45) is 2.95. The molecule has 0 aromatic heterocycles. The van der Waals surface area contributed by atoms with Gasteiger partial charge < -0.3 is 15.0 Å². The molecule has 0 radical (unpaired) electrons. The number of hydrogen-bond acceptors (Lipinski definition) is 4. The number of carbonyl (C=O) groups excluding carboxylic acids is 2. The summed E-state index contributed by atoms with van der Waals surface area (Å²) in [6.45, 7) is 5.21. The molecule has 1 heterocycles. The van der Waals surface area contributed by atoms with Crippen molar-refractivity contribution in [3.05, 3.63) is 35.4 Å². The van der Waals surface area contributed by atoms with Gasteiger partial charge in [0.05, 0.1) is 19.2 Å². The number of aryl methyl sites for hydroxylation is 1. The van der Waals surface area contributed by atoms with Gasteiger partial charge in [0, 0.05) is 26.2 Å². The minimum Gasteiger partial charge on any atom is -0.450 e. The molecule has 3 rings (SSSR count). The summed E-state index contributed by atoms with van der Waals surface area (Å²) in [5.41, 5.74) is 2.61. The SMILES string of the molecule is CCOC(=O)N1CCN(CC(=O)N[C@@H]2CCCc3ccccc32)CC1. The van der Waals surface area contributed by atoms with Gasteiger partial charge in [-0.2, -0.15) is 0 Å². The van der Waals surface area contributed by atoms with Crippen LogP contribution in [0.4, 0.5) is 4.79 Å². The van der Waals surface area contributed by atoms with Crippen LogP contribution in [0.25, 0.3) is 0 Å². The van der Waals surface area contributed by atoms with Crippen molar-refractivity contribution in [1.29, 1.82) is 0 Å². The summed E-state index contributed by atoms with van der Waals surface area (Å²) >= 11 is 0. The Balaban J connectivity index is 1.47. The van der Waals surface area contributed by atoms with Gasteiger partial charge in [0.25, 0.3) is 0 Å². The third-order valence-electron chi connectivity index (χ3n) is 4.97. The van der Waals surface area contributed by atoms with E-state index in [1.807, 2.05) is 13.0 Å². The first-order chi connectivity index (χ1) is 12.2. The predicted molar refractivity (Wildman–Crippen MR) is 95.3 cm³/mol. The van der Waals surface area contributed by atoms with Crippen molar-refractivity contribution >= 4 is 12.0 Å². The molecule has 0 bridgehead atoms. The Morgan fingerprint density at radius 1 is 1.20 bits per heavy atom. The van der Waals surface area contributed by atoms with Crippen LogP contribution in [0.3, 0.4) is 0 Å². The van der Waals surface area contributed by atoms with Crippen molar-refractivity contribution in [1.82, 2.24) is 15.1 Å². The number of nitrogens with one attached hydrogen (secondary N) is 1. The molecule has 25 heavy (non-hydrogen) atoms. The molecular weight excluding hydrogens is 318 g/mol. The summed E-state index contributed by atoms with van der Waals surface area (Å²) in [5.74, 6) is 0.0614. The predicted octanol–water partition coefficient (Wildman–Crippen LogP) is 1.95. The fourth-order valence-electron chi connectivity index (χ4n) is 3.65. The van der Waals surface area contributed by atoms with Crippen LogP contribution in [0.5, 0.6) is 0 Å². The molecule has 6 nitrogen and oxygen atoms in total. The minimum absolute atomic E-state index is 0.0614. The zero-order valence-electron chi connectivity index (χ0n) is 14.9. The van der Waals surface area contributed by atoms with Crippen molar-refractivity contribution in [3.8, 4) is 0 Å². The highest BCUT2D eigenvalue weighted by atomic mass is 16.6. The van der Waals surface area contributed by atoms with E-state index in [4.69, 9.17) is 4.74 Å². The Morgan fingerprint density at radius 2 is 1.96 bits per heavy atom. The van der Waals surface area contributed by atoms with Crippen LogP contribution in [0.15, 0.2) is 24.3 Å². The van der Waals surface area contributed by atoms with E-state index >= 15 is 0 Å². The van der Waals surface area contributed by atoms with Gasteiger partial charge in [-0.05, 0) is 37.3 Å². The van der Waals surface area contributed by atoms with Crippen molar-refractivity contribution < 1.29 is 14.3 Å². The first-order valence-electron chi connectivity index (χ1n) is 9.18.